The standard InChI is InChI=1S/C26H44Cl2O20/c27-1-21(35)45-11-17(31)7-41-3-15(29)5-43-9-19(33)13-47-25(39)23(37)24(38)26(40)48-14-20(34)10-44-6-16(30)4-42-8-18(32)12-46-22(36)2-28/h15-20,23-24,29-34,37-38H,1-14H2. The summed E-state index contributed by atoms with van der Waals surface area (Å²) in [6.45, 7) is -4.79. The van der Waals surface area contributed by atoms with Crippen molar-refractivity contribution < 1.29 is 97.9 Å². The van der Waals surface area contributed by atoms with E-state index in [1.165, 1.54) is 0 Å². The van der Waals surface area contributed by atoms with E-state index in [9.17, 15) is 60.0 Å². The van der Waals surface area contributed by atoms with Gasteiger partial charge in [-0.1, -0.05) is 0 Å². The molecule has 0 saturated carbocycles. The minimum atomic E-state index is -2.41. The highest BCUT2D eigenvalue weighted by Crippen LogP contribution is 2.03. The van der Waals surface area contributed by atoms with Gasteiger partial charge in [-0.3, -0.25) is 9.59 Å². The molecule has 20 nitrogen and oxygen atoms in total. The van der Waals surface area contributed by atoms with Gasteiger partial charge in [0.05, 0.1) is 52.9 Å². The van der Waals surface area contributed by atoms with Crippen molar-refractivity contribution in [3.63, 3.8) is 0 Å². The van der Waals surface area contributed by atoms with E-state index in [4.69, 9.17) is 42.1 Å². The molecule has 0 aromatic heterocycles. The number of aliphatic hydroxyl groups is 8. The number of carbonyl (C=O) groups excluding carboxylic acids is 4. The van der Waals surface area contributed by atoms with Crippen molar-refractivity contribution in [2.75, 3.05) is 91.0 Å². The lowest BCUT2D eigenvalue weighted by Crippen LogP contribution is -2.43. The lowest BCUT2D eigenvalue weighted by atomic mass is 10.2. The number of alkyl halides is 2. The van der Waals surface area contributed by atoms with Crippen molar-refractivity contribution in [1.29, 1.82) is 0 Å². The molecular formula is C26H44Cl2O20. The van der Waals surface area contributed by atoms with E-state index in [0.717, 1.165) is 0 Å². The van der Waals surface area contributed by atoms with E-state index in [-0.39, 0.29) is 64.6 Å². The summed E-state index contributed by atoms with van der Waals surface area (Å²) in [6.07, 6.45) is -12.3. The first-order valence-electron chi connectivity index (χ1n) is 14.2. The lowest BCUT2D eigenvalue weighted by Gasteiger charge is -2.19. The summed E-state index contributed by atoms with van der Waals surface area (Å²) in [5, 5.41) is 78.1. The first kappa shape index (κ1) is 46.0. The molecule has 22 heteroatoms. The smallest absolute Gasteiger partial charge is 0.338 e. The Balaban J connectivity index is 4.09. The Labute approximate surface area is 284 Å². The van der Waals surface area contributed by atoms with E-state index in [0.29, 0.717) is 0 Å². The van der Waals surface area contributed by atoms with Gasteiger partial charge in [0.1, 0.15) is 74.8 Å². The molecule has 8 unspecified atom stereocenters. The van der Waals surface area contributed by atoms with Crippen LogP contribution in [0.15, 0.2) is 0 Å². The second-order valence-corrected chi connectivity index (χ2v) is 10.4. The number of esters is 4. The highest BCUT2D eigenvalue weighted by atomic mass is 35.5. The molecule has 0 aliphatic heterocycles. The molecule has 0 aromatic rings. The molecule has 48 heavy (non-hydrogen) atoms. The molecule has 0 fully saturated rings. The van der Waals surface area contributed by atoms with Crippen molar-refractivity contribution in [3.05, 3.63) is 0 Å². The summed E-state index contributed by atoms with van der Waals surface area (Å²) >= 11 is 10.5. The van der Waals surface area contributed by atoms with Gasteiger partial charge in [0.25, 0.3) is 0 Å². The quantitative estimate of drug-likeness (QED) is 0.0201. The number of ether oxygens (including phenoxy) is 8. The number of hydrogen-bond acceptors (Lipinski definition) is 20. The molecule has 0 saturated heterocycles. The van der Waals surface area contributed by atoms with Crippen LogP contribution < -0.4 is 0 Å². The van der Waals surface area contributed by atoms with E-state index >= 15 is 0 Å². The Kier molecular flexibility index (Phi) is 26.6. The highest BCUT2D eigenvalue weighted by molar-refractivity contribution is 6.26. The topological polar surface area (TPSA) is 304 Å². The maximum atomic E-state index is 11.9. The molecule has 0 aliphatic rings. The molecule has 0 spiro atoms. The number of rotatable bonds is 29. The second-order valence-electron chi connectivity index (χ2n) is 9.86. The Bertz CT molecular complexity index is 830. The Hall–Kier alpha value is -2.02. The third kappa shape index (κ3) is 24.2. The van der Waals surface area contributed by atoms with Crippen LogP contribution in [0, 0.1) is 0 Å². The van der Waals surface area contributed by atoms with Crippen LogP contribution in [0.4, 0.5) is 0 Å². The van der Waals surface area contributed by atoms with Crippen LogP contribution in [0.2, 0.25) is 0 Å². The van der Waals surface area contributed by atoms with Gasteiger partial charge in [0.2, 0.25) is 0 Å². The van der Waals surface area contributed by atoms with E-state index in [1.807, 2.05) is 0 Å². The van der Waals surface area contributed by atoms with E-state index < -0.39 is 99.1 Å². The molecule has 0 aromatic carbocycles. The molecule has 282 valence electrons. The number of hydrogen-bond donors (Lipinski definition) is 8. The summed E-state index contributed by atoms with van der Waals surface area (Å²) in [7, 11) is 0. The van der Waals surface area contributed by atoms with Gasteiger partial charge in [-0.05, 0) is 0 Å². The van der Waals surface area contributed by atoms with E-state index in [2.05, 4.69) is 18.9 Å². The Morgan fingerprint density at radius 3 is 0.812 bits per heavy atom. The zero-order valence-corrected chi connectivity index (χ0v) is 27.3. The SMILES string of the molecule is O=C(CCl)OCC(O)COCC(O)COCC(O)COC(=O)C(O)C(O)C(=O)OCC(O)COCC(O)COCC(O)COC(=O)CCl. The Morgan fingerprint density at radius 2 is 0.583 bits per heavy atom. The van der Waals surface area contributed by atoms with Crippen molar-refractivity contribution in [3.8, 4) is 0 Å². The molecule has 0 aliphatic carbocycles. The monoisotopic (exact) mass is 746 g/mol. The van der Waals surface area contributed by atoms with Gasteiger partial charge in [-0.25, -0.2) is 9.59 Å². The van der Waals surface area contributed by atoms with Crippen LogP contribution in [0.3, 0.4) is 0 Å². The Morgan fingerprint density at radius 1 is 0.375 bits per heavy atom. The highest BCUT2D eigenvalue weighted by Gasteiger charge is 2.33. The van der Waals surface area contributed by atoms with Crippen LogP contribution in [0.1, 0.15) is 0 Å². The minimum Gasteiger partial charge on any atom is -0.462 e. The fraction of sp³-hybridized carbons (Fsp3) is 0.846. The van der Waals surface area contributed by atoms with Crippen LogP contribution >= 0.6 is 23.2 Å². The van der Waals surface area contributed by atoms with Crippen LogP contribution in [-0.2, 0) is 57.1 Å². The largest absolute Gasteiger partial charge is 0.462 e. The summed E-state index contributed by atoms with van der Waals surface area (Å²) < 4.78 is 38.6. The second kappa shape index (κ2) is 27.8. The molecule has 8 N–H and O–H groups in total. The third-order valence-electron chi connectivity index (χ3n) is 5.19. The van der Waals surface area contributed by atoms with Gasteiger partial charge in [-0.2, -0.15) is 0 Å². The van der Waals surface area contributed by atoms with Crippen molar-refractivity contribution in [2.24, 2.45) is 0 Å². The lowest BCUT2D eigenvalue weighted by molar-refractivity contribution is -0.177. The van der Waals surface area contributed by atoms with Gasteiger partial charge < -0.3 is 78.7 Å². The maximum Gasteiger partial charge on any atom is 0.338 e. The fourth-order valence-electron chi connectivity index (χ4n) is 2.89. The first-order chi connectivity index (χ1) is 22.7. The average molecular weight is 748 g/mol. The molecule has 0 bridgehead atoms. The molecule has 0 amide bonds. The van der Waals surface area contributed by atoms with Crippen molar-refractivity contribution >= 4 is 47.1 Å². The number of halogens is 2. The van der Waals surface area contributed by atoms with Gasteiger partial charge in [0.15, 0.2) is 12.2 Å². The summed E-state index contributed by atoms with van der Waals surface area (Å²) in [5.74, 6) is -5.18. The normalized spacial score (nSPS) is 16.5. The zero-order chi connectivity index (χ0) is 36.5. The predicted octanol–water partition coefficient (Wildman–Crippen LogP) is -5.41. The molecule has 8 atom stereocenters. The van der Waals surface area contributed by atoms with Crippen LogP contribution in [-0.4, -0.2) is 205 Å². The molecule has 0 radical (unpaired) electrons. The third-order valence-corrected chi connectivity index (χ3v) is 5.63. The summed E-state index contributed by atoms with van der Waals surface area (Å²) in [5.41, 5.74) is 0. The first-order valence-corrected chi connectivity index (χ1v) is 15.3. The van der Waals surface area contributed by atoms with E-state index in [1.54, 1.807) is 0 Å². The summed E-state index contributed by atoms with van der Waals surface area (Å²) in [6, 6.07) is 0. The van der Waals surface area contributed by atoms with Gasteiger partial charge in [0, 0.05) is 0 Å². The molecule has 0 heterocycles. The number of carbonyl (C=O) groups is 4. The molecular weight excluding hydrogens is 703 g/mol. The van der Waals surface area contributed by atoms with Gasteiger partial charge in [-0.15, -0.1) is 23.2 Å². The van der Waals surface area contributed by atoms with Gasteiger partial charge >= 0.3 is 23.9 Å². The minimum absolute atomic E-state index is 0.266. The molecule has 0 rings (SSSR count). The average Bonchev–Trinajstić information content (AvgIpc) is 3.06. The van der Waals surface area contributed by atoms with Crippen molar-refractivity contribution in [2.45, 2.75) is 48.8 Å². The van der Waals surface area contributed by atoms with Crippen LogP contribution in [0.25, 0.3) is 0 Å². The number of aliphatic hydroxyl groups excluding tert-OH is 8. The van der Waals surface area contributed by atoms with Crippen LogP contribution in [0.5, 0.6) is 0 Å². The van der Waals surface area contributed by atoms with Crippen molar-refractivity contribution in [1.82, 2.24) is 0 Å². The summed E-state index contributed by atoms with van der Waals surface area (Å²) in [4.78, 5) is 45.7. The maximum absolute atomic E-state index is 11.9. The predicted molar refractivity (Wildman–Crippen MR) is 157 cm³/mol. The fourth-order valence-corrected chi connectivity index (χ4v) is 3.04. The zero-order valence-electron chi connectivity index (χ0n) is 25.8.